The average molecular weight is 265 g/mol. The van der Waals surface area contributed by atoms with E-state index in [0.717, 1.165) is 24.6 Å². The first kappa shape index (κ1) is 14.6. The molecule has 3 heteroatoms. The molecule has 2 rings (SSSR count). The number of rotatable bonds is 6. The number of ether oxygens (including phenoxy) is 1. The van der Waals surface area contributed by atoms with Crippen molar-refractivity contribution in [3.63, 3.8) is 0 Å². The third-order valence-corrected chi connectivity index (χ3v) is 4.11. The van der Waals surface area contributed by atoms with E-state index in [-0.39, 0.29) is 0 Å². The van der Waals surface area contributed by atoms with E-state index in [1.54, 1.807) is 0 Å². The van der Waals surface area contributed by atoms with Crippen molar-refractivity contribution in [3.8, 4) is 0 Å². The average Bonchev–Trinajstić information content (AvgIpc) is 2.76. The highest BCUT2D eigenvalue weighted by Crippen LogP contribution is 2.27. The molecule has 1 aromatic rings. The fourth-order valence-corrected chi connectivity index (χ4v) is 2.81. The second kappa shape index (κ2) is 7.11. The van der Waals surface area contributed by atoms with Gasteiger partial charge in [-0.25, -0.2) is 0 Å². The fourth-order valence-electron chi connectivity index (χ4n) is 2.81. The van der Waals surface area contributed by atoms with Gasteiger partial charge >= 0.3 is 0 Å². The molecule has 1 aliphatic carbocycles. The molecular weight excluding hydrogens is 238 g/mol. The van der Waals surface area contributed by atoms with Crippen molar-refractivity contribution >= 4 is 0 Å². The summed E-state index contributed by atoms with van der Waals surface area (Å²) in [4.78, 5) is 0. The van der Waals surface area contributed by atoms with Gasteiger partial charge in [0.15, 0.2) is 0 Å². The Kier molecular flexibility index (Phi) is 5.46. The Morgan fingerprint density at radius 1 is 1.37 bits per heavy atom. The zero-order valence-electron chi connectivity index (χ0n) is 12.5. The van der Waals surface area contributed by atoms with Crippen LogP contribution in [0.15, 0.2) is 10.5 Å². The maximum Gasteiger partial charge on any atom is 0.130 e. The Morgan fingerprint density at radius 3 is 2.89 bits per heavy atom. The smallest absolute Gasteiger partial charge is 0.130 e. The molecule has 1 heterocycles. The summed E-state index contributed by atoms with van der Waals surface area (Å²) in [7, 11) is 0. The predicted molar refractivity (Wildman–Crippen MR) is 77.0 cm³/mol. The SMILES string of the molecule is CCNCc1cc(COC2CCCCC2C)oc1C. The minimum atomic E-state index is 0.413. The number of aryl methyl sites for hydroxylation is 1. The molecule has 1 fully saturated rings. The predicted octanol–water partition coefficient (Wildman–Crippen LogP) is 3.79. The van der Waals surface area contributed by atoms with Crippen LogP contribution in [0.1, 0.15) is 56.6 Å². The Bertz CT molecular complexity index is 386. The molecule has 0 saturated heterocycles. The van der Waals surface area contributed by atoms with Crippen LogP contribution in [-0.4, -0.2) is 12.6 Å². The summed E-state index contributed by atoms with van der Waals surface area (Å²) in [6.07, 6.45) is 5.57. The van der Waals surface area contributed by atoms with E-state index in [1.165, 1.54) is 31.2 Å². The van der Waals surface area contributed by atoms with E-state index in [2.05, 4.69) is 25.2 Å². The quantitative estimate of drug-likeness (QED) is 0.849. The van der Waals surface area contributed by atoms with Gasteiger partial charge < -0.3 is 14.5 Å². The summed E-state index contributed by atoms with van der Waals surface area (Å²) in [6, 6.07) is 2.13. The van der Waals surface area contributed by atoms with Crippen molar-refractivity contribution in [2.45, 2.75) is 65.7 Å². The van der Waals surface area contributed by atoms with Gasteiger partial charge in [0, 0.05) is 12.1 Å². The van der Waals surface area contributed by atoms with Crippen LogP contribution in [0.3, 0.4) is 0 Å². The number of hydrogen-bond acceptors (Lipinski definition) is 3. The molecule has 108 valence electrons. The first-order valence-corrected chi connectivity index (χ1v) is 7.61. The minimum absolute atomic E-state index is 0.413. The third kappa shape index (κ3) is 4.08. The van der Waals surface area contributed by atoms with Crippen LogP contribution in [-0.2, 0) is 17.9 Å². The summed E-state index contributed by atoms with van der Waals surface area (Å²) in [5, 5.41) is 3.33. The van der Waals surface area contributed by atoms with Crippen molar-refractivity contribution in [2.75, 3.05) is 6.54 Å². The maximum absolute atomic E-state index is 6.04. The number of hydrogen-bond donors (Lipinski definition) is 1. The van der Waals surface area contributed by atoms with Crippen molar-refractivity contribution in [1.82, 2.24) is 5.32 Å². The van der Waals surface area contributed by atoms with Gasteiger partial charge in [0.1, 0.15) is 18.1 Å². The third-order valence-electron chi connectivity index (χ3n) is 4.11. The molecule has 0 aromatic carbocycles. The molecule has 2 atom stereocenters. The second-order valence-corrected chi connectivity index (χ2v) is 5.69. The van der Waals surface area contributed by atoms with Crippen LogP contribution in [0.25, 0.3) is 0 Å². The number of nitrogens with one attached hydrogen (secondary N) is 1. The van der Waals surface area contributed by atoms with Crippen molar-refractivity contribution < 1.29 is 9.15 Å². The Morgan fingerprint density at radius 2 is 2.16 bits per heavy atom. The van der Waals surface area contributed by atoms with Gasteiger partial charge in [0.25, 0.3) is 0 Å². The molecule has 0 aliphatic heterocycles. The molecule has 0 radical (unpaired) electrons. The van der Waals surface area contributed by atoms with Crippen LogP contribution >= 0.6 is 0 Å². The van der Waals surface area contributed by atoms with E-state index < -0.39 is 0 Å². The molecule has 3 nitrogen and oxygen atoms in total. The molecule has 1 aliphatic rings. The van der Waals surface area contributed by atoms with Gasteiger partial charge in [-0.1, -0.05) is 26.7 Å². The highest BCUT2D eigenvalue weighted by molar-refractivity contribution is 5.20. The Hall–Kier alpha value is -0.800. The van der Waals surface area contributed by atoms with Gasteiger partial charge in [-0.3, -0.25) is 0 Å². The largest absolute Gasteiger partial charge is 0.464 e. The Labute approximate surface area is 116 Å². The molecule has 19 heavy (non-hydrogen) atoms. The molecule has 1 N–H and O–H groups in total. The zero-order chi connectivity index (χ0) is 13.7. The second-order valence-electron chi connectivity index (χ2n) is 5.69. The van der Waals surface area contributed by atoms with Crippen molar-refractivity contribution in [3.05, 3.63) is 23.2 Å². The molecule has 0 bridgehead atoms. The van der Waals surface area contributed by atoms with E-state index in [0.29, 0.717) is 18.6 Å². The summed E-state index contributed by atoms with van der Waals surface area (Å²) < 4.78 is 11.8. The van der Waals surface area contributed by atoms with E-state index in [1.807, 2.05) is 6.92 Å². The summed E-state index contributed by atoms with van der Waals surface area (Å²) in [6.45, 7) is 8.92. The normalized spacial score (nSPS) is 23.7. The van der Waals surface area contributed by atoms with Crippen LogP contribution in [0.5, 0.6) is 0 Å². The summed E-state index contributed by atoms with van der Waals surface area (Å²) in [5.41, 5.74) is 1.25. The molecule has 2 unspecified atom stereocenters. The monoisotopic (exact) mass is 265 g/mol. The van der Waals surface area contributed by atoms with Crippen molar-refractivity contribution in [2.24, 2.45) is 5.92 Å². The van der Waals surface area contributed by atoms with Crippen molar-refractivity contribution in [1.29, 1.82) is 0 Å². The van der Waals surface area contributed by atoms with Gasteiger partial charge in [-0.15, -0.1) is 0 Å². The lowest BCUT2D eigenvalue weighted by Gasteiger charge is -2.28. The molecular formula is C16H27NO2. The van der Waals surface area contributed by atoms with E-state index in [4.69, 9.17) is 9.15 Å². The van der Waals surface area contributed by atoms with E-state index in [9.17, 15) is 0 Å². The van der Waals surface area contributed by atoms with Gasteiger partial charge in [-0.2, -0.15) is 0 Å². The zero-order valence-corrected chi connectivity index (χ0v) is 12.5. The standard InChI is InChI=1S/C16H27NO2/c1-4-17-10-14-9-15(19-13(14)3)11-18-16-8-6-5-7-12(16)2/h9,12,16-17H,4-8,10-11H2,1-3H3. The van der Waals surface area contributed by atoms with E-state index >= 15 is 0 Å². The summed E-state index contributed by atoms with van der Waals surface area (Å²) >= 11 is 0. The highest BCUT2D eigenvalue weighted by atomic mass is 16.5. The first-order chi connectivity index (χ1) is 9.20. The van der Waals surface area contributed by atoms with Crippen LogP contribution in [0.2, 0.25) is 0 Å². The number of furan rings is 1. The van der Waals surface area contributed by atoms with Crippen LogP contribution < -0.4 is 5.32 Å². The van der Waals surface area contributed by atoms with Crippen LogP contribution in [0, 0.1) is 12.8 Å². The lowest BCUT2D eigenvalue weighted by Crippen LogP contribution is -2.25. The molecule has 0 spiro atoms. The van der Waals surface area contributed by atoms with Crippen LogP contribution in [0.4, 0.5) is 0 Å². The molecule has 0 amide bonds. The topological polar surface area (TPSA) is 34.4 Å². The highest BCUT2D eigenvalue weighted by Gasteiger charge is 2.22. The summed E-state index contributed by atoms with van der Waals surface area (Å²) in [5.74, 6) is 2.66. The lowest BCUT2D eigenvalue weighted by atomic mass is 9.88. The van der Waals surface area contributed by atoms with Gasteiger partial charge in [-0.05, 0) is 38.3 Å². The first-order valence-electron chi connectivity index (χ1n) is 7.61. The molecule has 1 saturated carbocycles. The molecule has 1 aromatic heterocycles. The lowest BCUT2D eigenvalue weighted by molar-refractivity contribution is -0.0221. The van der Waals surface area contributed by atoms with Gasteiger partial charge in [0.05, 0.1) is 6.10 Å². The minimum Gasteiger partial charge on any atom is -0.464 e. The maximum atomic E-state index is 6.04. The Balaban J connectivity index is 1.85. The fraction of sp³-hybridized carbons (Fsp3) is 0.750. The van der Waals surface area contributed by atoms with Gasteiger partial charge in [0.2, 0.25) is 0 Å².